The van der Waals surface area contributed by atoms with Crippen LogP contribution in [0.1, 0.15) is 24.4 Å². The fraction of sp³-hybridized carbons (Fsp3) is 0.364. The standard InChI is InChI=1S/C11H16N2O2/c1-13(12)10(7-8-11(14)15)9-5-3-2-4-6-9/h2-6,10H,7-8,12H2,1H3,(H,14,15). The lowest BCUT2D eigenvalue weighted by molar-refractivity contribution is -0.137. The summed E-state index contributed by atoms with van der Waals surface area (Å²) in [5.41, 5.74) is 1.05. The molecule has 0 aliphatic carbocycles. The Labute approximate surface area is 89.3 Å². The van der Waals surface area contributed by atoms with Gasteiger partial charge in [-0.1, -0.05) is 30.3 Å². The SMILES string of the molecule is CN(N)C(CCC(=O)O)c1ccccc1. The lowest BCUT2D eigenvalue weighted by atomic mass is 10.0. The van der Waals surface area contributed by atoms with E-state index in [0.717, 1.165) is 5.56 Å². The number of carbonyl (C=O) groups is 1. The van der Waals surface area contributed by atoms with E-state index in [0.29, 0.717) is 6.42 Å². The molecule has 1 rings (SSSR count). The Morgan fingerprint density at radius 1 is 1.47 bits per heavy atom. The van der Waals surface area contributed by atoms with Crippen molar-refractivity contribution >= 4 is 5.97 Å². The Morgan fingerprint density at radius 3 is 2.53 bits per heavy atom. The summed E-state index contributed by atoms with van der Waals surface area (Å²) in [5, 5.41) is 10.2. The topological polar surface area (TPSA) is 66.6 Å². The first-order valence-electron chi connectivity index (χ1n) is 4.85. The van der Waals surface area contributed by atoms with Crippen molar-refractivity contribution in [3.63, 3.8) is 0 Å². The summed E-state index contributed by atoms with van der Waals surface area (Å²) in [5.74, 6) is 4.90. The number of benzene rings is 1. The Bertz CT molecular complexity index is 312. The number of hydrogen-bond acceptors (Lipinski definition) is 3. The van der Waals surface area contributed by atoms with Crippen molar-refractivity contribution in [2.45, 2.75) is 18.9 Å². The monoisotopic (exact) mass is 208 g/mol. The molecule has 4 heteroatoms. The van der Waals surface area contributed by atoms with Crippen LogP contribution in [0.15, 0.2) is 30.3 Å². The molecule has 4 nitrogen and oxygen atoms in total. The Balaban J connectivity index is 2.70. The first-order valence-corrected chi connectivity index (χ1v) is 4.85. The second-order valence-electron chi connectivity index (χ2n) is 3.52. The highest BCUT2D eigenvalue weighted by molar-refractivity contribution is 5.66. The van der Waals surface area contributed by atoms with Gasteiger partial charge in [0.25, 0.3) is 0 Å². The van der Waals surface area contributed by atoms with Crippen molar-refractivity contribution in [2.24, 2.45) is 5.84 Å². The summed E-state index contributed by atoms with van der Waals surface area (Å²) in [4.78, 5) is 10.5. The third kappa shape index (κ3) is 3.69. The lowest BCUT2D eigenvalue weighted by Gasteiger charge is -2.23. The zero-order valence-corrected chi connectivity index (χ0v) is 8.76. The molecule has 0 fully saturated rings. The number of carboxylic acids is 1. The summed E-state index contributed by atoms with van der Waals surface area (Å²) >= 11 is 0. The molecule has 1 aromatic carbocycles. The minimum Gasteiger partial charge on any atom is -0.481 e. The molecule has 0 aliphatic rings. The van der Waals surface area contributed by atoms with Crippen LogP contribution in [-0.2, 0) is 4.79 Å². The first-order chi connectivity index (χ1) is 7.11. The van der Waals surface area contributed by atoms with Gasteiger partial charge in [-0.05, 0) is 12.0 Å². The quantitative estimate of drug-likeness (QED) is 0.567. The minimum absolute atomic E-state index is 0.0395. The van der Waals surface area contributed by atoms with Gasteiger partial charge in [-0.25, -0.2) is 5.01 Å². The molecular weight excluding hydrogens is 192 g/mol. The van der Waals surface area contributed by atoms with Gasteiger partial charge >= 0.3 is 5.97 Å². The van der Waals surface area contributed by atoms with Crippen molar-refractivity contribution < 1.29 is 9.90 Å². The fourth-order valence-electron chi connectivity index (χ4n) is 1.54. The first kappa shape index (κ1) is 11.7. The van der Waals surface area contributed by atoms with Crippen LogP contribution in [0.3, 0.4) is 0 Å². The van der Waals surface area contributed by atoms with E-state index < -0.39 is 5.97 Å². The second kappa shape index (κ2) is 5.48. The van der Waals surface area contributed by atoms with E-state index in [2.05, 4.69) is 0 Å². The summed E-state index contributed by atoms with van der Waals surface area (Å²) < 4.78 is 0. The number of aliphatic carboxylic acids is 1. The highest BCUT2D eigenvalue weighted by atomic mass is 16.4. The number of nitrogens with two attached hydrogens (primary N) is 1. The maximum atomic E-state index is 10.5. The molecule has 0 amide bonds. The number of hydrogen-bond donors (Lipinski definition) is 2. The molecular formula is C11H16N2O2. The zero-order chi connectivity index (χ0) is 11.3. The fourth-order valence-corrected chi connectivity index (χ4v) is 1.54. The van der Waals surface area contributed by atoms with Crippen LogP contribution in [0.25, 0.3) is 0 Å². The van der Waals surface area contributed by atoms with Gasteiger partial charge in [0.2, 0.25) is 0 Å². The molecule has 15 heavy (non-hydrogen) atoms. The minimum atomic E-state index is -0.794. The summed E-state index contributed by atoms with van der Waals surface area (Å²) in [6, 6.07) is 9.64. The van der Waals surface area contributed by atoms with Gasteiger partial charge in [0, 0.05) is 19.5 Å². The van der Waals surface area contributed by atoms with Crippen molar-refractivity contribution in [1.82, 2.24) is 5.01 Å². The zero-order valence-electron chi connectivity index (χ0n) is 8.76. The van der Waals surface area contributed by atoms with Crippen LogP contribution >= 0.6 is 0 Å². The van der Waals surface area contributed by atoms with Crippen molar-refractivity contribution in [3.8, 4) is 0 Å². The molecule has 3 N–H and O–H groups in total. The van der Waals surface area contributed by atoms with Crippen LogP contribution in [0.2, 0.25) is 0 Å². The molecule has 0 heterocycles. The molecule has 0 saturated carbocycles. The molecule has 0 bridgehead atoms. The van der Waals surface area contributed by atoms with Gasteiger partial charge < -0.3 is 5.11 Å². The van der Waals surface area contributed by atoms with E-state index in [4.69, 9.17) is 10.9 Å². The smallest absolute Gasteiger partial charge is 0.303 e. The molecule has 0 spiro atoms. The second-order valence-corrected chi connectivity index (χ2v) is 3.52. The predicted octanol–water partition coefficient (Wildman–Crippen LogP) is 1.40. The molecule has 0 radical (unpaired) electrons. The van der Waals surface area contributed by atoms with E-state index in [1.165, 1.54) is 0 Å². The Kier molecular flexibility index (Phi) is 4.27. The third-order valence-corrected chi connectivity index (χ3v) is 2.31. The van der Waals surface area contributed by atoms with E-state index >= 15 is 0 Å². The molecule has 0 aromatic heterocycles. The summed E-state index contributed by atoms with van der Waals surface area (Å²) in [6.07, 6.45) is 0.646. The van der Waals surface area contributed by atoms with E-state index in [1.807, 2.05) is 30.3 Å². The Morgan fingerprint density at radius 2 is 2.07 bits per heavy atom. The third-order valence-electron chi connectivity index (χ3n) is 2.31. The van der Waals surface area contributed by atoms with E-state index in [9.17, 15) is 4.79 Å². The molecule has 1 atom stereocenters. The number of carboxylic acid groups (broad SMARTS) is 1. The van der Waals surface area contributed by atoms with Crippen LogP contribution in [0, 0.1) is 0 Å². The molecule has 1 aromatic rings. The average molecular weight is 208 g/mol. The van der Waals surface area contributed by atoms with Gasteiger partial charge in [0.05, 0.1) is 0 Å². The normalized spacial score (nSPS) is 12.7. The van der Waals surface area contributed by atoms with Crippen LogP contribution in [-0.4, -0.2) is 23.1 Å². The van der Waals surface area contributed by atoms with Gasteiger partial charge in [-0.15, -0.1) is 0 Å². The largest absolute Gasteiger partial charge is 0.481 e. The van der Waals surface area contributed by atoms with Crippen molar-refractivity contribution in [1.29, 1.82) is 0 Å². The van der Waals surface area contributed by atoms with Crippen molar-refractivity contribution in [2.75, 3.05) is 7.05 Å². The van der Waals surface area contributed by atoms with E-state index in [-0.39, 0.29) is 12.5 Å². The summed E-state index contributed by atoms with van der Waals surface area (Å²) in [7, 11) is 1.75. The highest BCUT2D eigenvalue weighted by Crippen LogP contribution is 2.21. The van der Waals surface area contributed by atoms with Gasteiger partial charge in [-0.2, -0.15) is 0 Å². The van der Waals surface area contributed by atoms with Gasteiger partial charge in [0.1, 0.15) is 0 Å². The lowest BCUT2D eigenvalue weighted by Crippen LogP contribution is -2.31. The van der Waals surface area contributed by atoms with E-state index in [1.54, 1.807) is 12.1 Å². The van der Waals surface area contributed by atoms with Gasteiger partial charge in [-0.3, -0.25) is 10.6 Å². The summed E-state index contributed by atoms with van der Waals surface area (Å²) in [6.45, 7) is 0. The Hall–Kier alpha value is -1.39. The highest BCUT2D eigenvalue weighted by Gasteiger charge is 2.15. The van der Waals surface area contributed by atoms with Crippen LogP contribution in [0.5, 0.6) is 0 Å². The van der Waals surface area contributed by atoms with Crippen molar-refractivity contribution in [3.05, 3.63) is 35.9 Å². The van der Waals surface area contributed by atoms with Crippen LogP contribution in [0.4, 0.5) is 0 Å². The molecule has 82 valence electrons. The molecule has 0 saturated heterocycles. The molecule has 1 unspecified atom stereocenters. The average Bonchev–Trinajstić information content (AvgIpc) is 2.18. The van der Waals surface area contributed by atoms with Gasteiger partial charge in [0.15, 0.2) is 0 Å². The van der Waals surface area contributed by atoms with Crippen LogP contribution < -0.4 is 5.84 Å². The number of nitrogens with zero attached hydrogens (tertiary/aromatic N) is 1. The maximum absolute atomic E-state index is 10.5. The molecule has 0 aliphatic heterocycles. The predicted molar refractivity (Wildman–Crippen MR) is 58.0 cm³/mol. The maximum Gasteiger partial charge on any atom is 0.303 e. The number of rotatable bonds is 5. The number of hydrazine groups is 1.